The summed E-state index contributed by atoms with van der Waals surface area (Å²) in [6.07, 6.45) is 2.42. The van der Waals surface area contributed by atoms with E-state index in [-0.39, 0.29) is 72.2 Å². The highest BCUT2D eigenvalue weighted by molar-refractivity contribution is 5.80. The van der Waals surface area contributed by atoms with Gasteiger partial charge in [0.2, 0.25) is 17.7 Å². The zero-order valence-corrected chi connectivity index (χ0v) is 29.9. The summed E-state index contributed by atoms with van der Waals surface area (Å²) in [7, 11) is 0. The van der Waals surface area contributed by atoms with Crippen molar-refractivity contribution in [2.24, 2.45) is 20.6 Å². The van der Waals surface area contributed by atoms with Gasteiger partial charge in [-0.15, -0.1) is 5.11 Å². The van der Waals surface area contributed by atoms with Crippen LogP contribution >= 0.6 is 0 Å². The van der Waals surface area contributed by atoms with E-state index < -0.39 is 58.9 Å². The molecule has 0 bridgehead atoms. The van der Waals surface area contributed by atoms with Gasteiger partial charge in [0.15, 0.2) is 17.3 Å². The molecule has 300 valence electrons. The third kappa shape index (κ3) is 9.90. The predicted molar refractivity (Wildman–Crippen MR) is 189 cm³/mol. The minimum Gasteiger partial charge on any atom is -0.376 e. The summed E-state index contributed by atoms with van der Waals surface area (Å²) in [6.45, 7) is 1.89. The van der Waals surface area contributed by atoms with Gasteiger partial charge in [0.1, 0.15) is 41.4 Å². The SMILES string of the molecule is O=C1CC(c2ccc(F)c(N=NN3CCCC3)c2F)CN1.[N-]=[N+]=Nc1c(F)ccc(C2CC(=O)N(CO)C2)c1F.[N-]=[N+]=Nc1c(F)ccc(C2CNC(=O)C2)c1F. The fraction of sp³-hybridized carbons (Fsp3) is 0.400. The number of hydrogen-bond acceptors (Lipinski definition) is 8. The third-order valence-electron chi connectivity index (χ3n) is 9.59. The Bertz CT molecular complexity index is 2160. The van der Waals surface area contributed by atoms with Crippen LogP contribution in [0, 0.1) is 34.9 Å². The van der Waals surface area contributed by atoms with Gasteiger partial charge in [-0.3, -0.25) is 19.4 Å². The van der Waals surface area contributed by atoms with Gasteiger partial charge >= 0.3 is 0 Å². The molecular weight excluding hydrogens is 766 g/mol. The molecule has 0 aliphatic carbocycles. The van der Waals surface area contributed by atoms with Crippen molar-refractivity contribution in [2.45, 2.75) is 49.9 Å². The van der Waals surface area contributed by atoms with E-state index in [0.29, 0.717) is 18.7 Å². The second kappa shape index (κ2) is 19.0. The van der Waals surface area contributed by atoms with E-state index in [2.05, 4.69) is 41.0 Å². The molecule has 3 aromatic rings. The summed E-state index contributed by atoms with van der Waals surface area (Å²) in [5.74, 6) is -6.92. The van der Waals surface area contributed by atoms with Crippen LogP contribution in [0.4, 0.5) is 43.4 Å². The second-order valence-electron chi connectivity index (χ2n) is 13.2. The number of benzene rings is 3. The van der Waals surface area contributed by atoms with Crippen molar-refractivity contribution in [3.05, 3.63) is 109 Å². The highest BCUT2D eigenvalue weighted by Gasteiger charge is 2.33. The fourth-order valence-electron chi connectivity index (χ4n) is 6.65. The van der Waals surface area contributed by atoms with Crippen molar-refractivity contribution in [3.63, 3.8) is 0 Å². The molecule has 7 rings (SSSR count). The normalized spacial score (nSPS) is 20.0. The molecule has 57 heavy (non-hydrogen) atoms. The summed E-state index contributed by atoms with van der Waals surface area (Å²) in [4.78, 5) is 39.6. The van der Waals surface area contributed by atoms with Crippen molar-refractivity contribution >= 4 is 34.8 Å². The van der Waals surface area contributed by atoms with E-state index in [4.69, 9.17) is 16.2 Å². The average Bonchev–Trinajstić information content (AvgIpc) is 4.02. The van der Waals surface area contributed by atoms with Crippen molar-refractivity contribution in [3.8, 4) is 0 Å². The molecule has 3 amide bonds. The molecule has 3 N–H and O–H groups in total. The lowest BCUT2D eigenvalue weighted by atomic mass is 9.97. The molecule has 4 fully saturated rings. The summed E-state index contributed by atoms with van der Waals surface area (Å²) in [5, 5.41) is 29.4. The number of nitrogens with zero attached hydrogens (tertiary/aromatic N) is 10. The number of aliphatic hydroxyl groups excluding tert-OH is 1. The molecule has 4 saturated heterocycles. The molecule has 0 saturated carbocycles. The van der Waals surface area contributed by atoms with Crippen LogP contribution in [0.5, 0.6) is 0 Å². The number of carbonyl (C=O) groups is 3. The average molecular weight is 801 g/mol. The molecule has 16 nitrogen and oxygen atoms in total. The first-order valence-corrected chi connectivity index (χ1v) is 17.5. The van der Waals surface area contributed by atoms with Crippen molar-refractivity contribution in [1.82, 2.24) is 20.5 Å². The van der Waals surface area contributed by atoms with E-state index in [9.17, 15) is 40.7 Å². The largest absolute Gasteiger partial charge is 0.376 e. The van der Waals surface area contributed by atoms with Crippen LogP contribution in [0.2, 0.25) is 0 Å². The summed E-state index contributed by atoms with van der Waals surface area (Å²) in [6, 6.07) is 7.08. The summed E-state index contributed by atoms with van der Waals surface area (Å²) >= 11 is 0. The zero-order valence-electron chi connectivity index (χ0n) is 29.9. The summed E-state index contributed by atoms with van der Waals surface area (Å²) < 4.78 is 82.6. The fourth-order valence-corrected chi connectivity index (χ4v) is 6.65. The number of azide groups is 2. The quantitative estimate of drug-likeness (QED) is 0.0917. The van der Waals surface area contributed by atoms with Crippen LogP contribution in [0.3, 0.4) is 0 Å². The predicted octanol–water partition coefficient (Wildman–Crippen LogP) is 7.35. The zero-order chi connectivity index (χ0) is 41.2. The minimum atomic E-state index is -0.963. The Labute approximate surface area is 319 Å². The van der Waals surface area contributed by atoms with Gasteiger partial charge in [-0.1, -0.05) is 33.7 Å². The number of amides is 3. The number of hydrogen-bond donors (Lipinski definition) is 3. The van der Waals surface area contributed by atoms with E-state index >= 15 is 0 Å². The number of halogens is 6. The Balaban J connectivity index is 0.000000164. The van der Waals surface area contributed by atoms with Crippen LogP contribution in [-0.2, 0) is 14.4 Å². The molecule has 0 radical (unpaired) electrons. The molecule has 4 heterocycles. The molecule has 3 aromatic carbocycles. The monoisotopic (exact) mass is 800 g/mol. The maximum absolute atomic E-state index is 14.4. The van der Waals surface area contributed by atoms with Gasteiger partial charge in [-0.05, 0) is 58.8 Å². The topological polar surface area (TPSA) is 224 Å². The Morgan fingerprint density at radius 2 is 1.11 bits per heavy atom. The van der Waals surface area contributed by atoms with Crippen molar-refractivity contribution in [2.75, 3.05) is 39.5 Å². The Kier molecular flexibility index (Phi) is 13.9. The minimum absolute atomic E-state index is 0.0266. The van der Waals surface area contributed by atoms with E-state index in [1.54, 1.807) is 5.01 Å². The first-order valence-electron chi connectivity index (χ1n) is 17.5. The van der Waals surface area contributed by atoms with Gasteiger partial charge in [-0.2, -0.15) is 0 Å². The van der Waals surface area contributed by atoms with Crippen LogP contribution in [0.15, 0.2) is 57.0 Å². The van der Waals surface area contributed by atoms with Gasteiger partial charge in [0.25, 0.3) is 0 Å². The summed E-state index contributed by atoms with van der Waals surface area (Å²) in [5.41, 5.74) is 15.4. The molecule has 3 unspecified atom stereocenters. The smallest absolute Gasteiger partial charge is 0.225 e. The number of nitrogens with one attached hydrogen (secondary N) is 2. The molecule has 0 aromatic heterocycles. The number of likely N-dealkylation sites (tertiary alicyclic amines) is 1. The van der Waals surface area contributed by atoms with Crippen LogP contribution in [-0.4, -0.2) is 72.2 Å². The molecule has 3 atom stereocenters. The standard InChI is InChI=1S/C14H16F2N4O.C11H10F2N4O2.C10H8F2N4O/c15-11-4-3-10(9-7-12(21)17-8-9)13(16)14(11)18-19-20-5-1-2-6-20;12-8-2-1-7(10(13)11(8)15-16-14)6-3-9(19)17(4-6)5-18;11-7-2-1-6(5-3-8(17)14-4-5)9(12)10(7)15-16-13/h3-4,9H,1-2,5-8H2,(H,17,21);1-2,6,18H,3-5H2;1-2,5H,3-4H2,(H,14,17). The second-order valence-corrected chi connectivity index (χ2v) is 13.2. The number of rotatable bonds is 8. The van der Waals surface area contributed by atoms with Crippen molar-refractivity contribution in [1.29, 1.82) is 0 Å². The molecule has 22 heteroatoms. The van der Waals surface area contributed by atoms with Gasteiger partial charge in [0.05, 0.1) is 0 Å². The van der Waals surface area contributed by atoms with Crippen molar-refractivity contribution < 1.29 is 45.8 Å². The van der Waals surface area contributed by atoms with Gasteiger partial charge < -0.3 is 20.6 Å². The highest BCUT2D eigenvalue weighted by Crippen LogP contribution is 2.36. The van der Waals surface area contributed by atoms with Gasteiger partial charge in [0, 0.05) is 79.6 Å². The van der Waals surface area contributed by atoms with E-state index in [0.717, 1.165) is 38.1 Å². The molecular formula is C35H34F6N12O4. The lowest BCUT2D eigenvalue weighted by Crippen LogP contribution is -2.25. The van der Waals surface area contributed by atoms with Crippen LogP contribution < -0.4 is 10.6 Å². The first kappa shape index (κ1) is 41.8. The van der Waals surface area contributed by atoms with E-state index in [1.807, 2.05) is 0 Å². The molecule has 4 aliphatic rings. The maximum Gasteiger partial charge on any atom is 0.225 e. The lowest BCUT2D eigenvalue weighted by molar-refractivity contribution is -0.130. The molecule has 0 spiro atoms. The number of carbonyl (C=O) groups excluding carboxylic acids is 3. The highest BCUT2D eigenvalue weighted by atomic mass is 19.2. The van der Waals surface area contributed by atoms with Crippen LogP contribution in [0.25, 0.3) is 20.9 Å². The molecule has 4 aliphatic heterocycles. The van der Waals surface area contributed by atoms with E-state index in [1.165, 1.54) is 29.2 Å². The maximum atomic E-state index is 14.4. The van der Waals surface area contributed by atoms with Crippen LogP contribution in [0.1, 0.15) is 66.5 Å². The van der Waals surface area contributed by atoms with Gasteiger partial charge in [-0.25, -0.2) is 26.3 Å². The Hall–Kier alpha value is -6.37. The lowest BCUT2D eigenvalue weighted by Gasteiger charge is -2.14. The first-order chi connectivity index (χ1) is 27.4. The number of aliphatic hydroxyl groups is 1. The Morgan fingerprint density at radius 3 is 1.51 bits per heavy atom. The Morgan fingerprint density at radius 1 is 0.667 bits per heavy atom. The third-order valence-corrected chi connectivity index (χ3v) is 9.59.